The number of aliphatic hydroxyl groups excluding tert-OH is 1. The fourth-order valence-electron chi connectivity index (χ4n) is 2.35. The predicted octanol–water partition coefficient (Wildman–Crippen LogP) is 1.37. The summed E-state index contributed by atoms with van der Waals surface area (Å²) in [6.45, 7) is 0.403. The van der Waals surface area contributed by atoms with Crippen LogP contribution in [-0.4, -0.2) is 20.1 Å². The molecule has 1 heterocycles. The Hall–Kier alpha value is -1.88. The zero-order chi connectivity index (χ0) is 12.5. The number of nitrogens with zero attached hydrogens (tertiary/aromatic N) is 3. The first-order valence-electron chi connectivity index (χ1n) is 6.02. The van der Waals surface area contributed by atoms with Crippen LogP contribution in [0.15, 0.2) is 24.4 Å². The van der Waals surface area contributed by atoms with Crippen molar-refractivity contribution in [2.24, 2.45) is 7.05 Å². The molecule has 0 radical (unpaired) electrons. The third-order valence-electron chi connectivity index (χ3n) is 3.22. The molecule has 1 aromatic carbocycles. The second kappa shape index (κ2) is 4.42. The van der Waals surface area contributed by atoms with Gasteiger partial charge in [-0.3, -0.25) is 4.68 Å². The highest BCUT2D eigenvalue weighted by atomic mass is 16.5. The molecule has 0 bridgehead atoms. The standard InChI is InChI=1S/C13H15N3O2/c1-16-7-9(14-15-16)8-18-13-4-2-3-10-11(13)5-6-12(10)17/h2-4,7,12,17H,5-6,8H2,1H3. The minimum Gasteiger partial charge on any atom is -0.487 e. The Labute approximate surface area is 105 Å². The first-order valence-corrected chi connectivity index (χ1v) is 6.02. The molecule has 0 saturated heterocycles. The van der Waals surface area contributed by atoms with E-state index >= 15 is 0 Å². The molecule has 18 heavy (non-hydrogen) atoms. The van der Waals surface area contributed by atoms with Crippen molar-refractivity contribution in [2.45, 2.75) is 25.6 Å². The lowest BCUT2D eigenvalue weighted by molar-refractivity contribution is 0.180. The van der Waals surface area contributed by atoms with E-state index in [2.05, 4.69) is 10.3 Å². The number of aryl methyl sites for hydroxylation is 1. The van der Waals surface area contributed by atoms with Crippen LogP contribution in [0.3, 0.4) is 0 Å². The molecule has 0 spiro atoms. The van der Waals surface area contributed by atoms with Crippen molar-refractivity contribution >= 4 is 0 Å². The van der Waals surface area contributed by atoms with Gasteiger partial charge in [0.1, 0.15) is 18.1 Å². The molecule has 5 nitrogen and oxygen atoms in total. The van der Waals surface area contributed by atoms with Gasteiger partial charge in [0.25, 0.3) is 0 Å². The van der Waals surface area contributed by atoms with Crippen LogP contribution >= 0.6 is 0 Å². The zero-order valence-electron chi connectivity index (χ0n) is 10.2. The first-order chi connectivity index (χ1) is 8.74. The van der Waals surface area contributed by atoms with Crippen LogP contribution in [0.1, 0.15) is 29.3 Å². The minimum absolute atomic E-state index is 0.347. The molecule has 2 aromatic rings. The Balaban J connectivity index is 1.78. The second-order valence-corrected chi connectivity index (χ2v) is 4.55. The number of aromatic nitrogens is 3. The molecule has 1 unspecified atom stereocenters. The minimum atomic E-state index is -0.347. The maximum absolute atomic E-state index is 9.81. The van der Waals surface area contributed by atoms with E-state index < -0.39 is 0 Å². The molecular weight excluding hydrogens is 230 g/mol. The Kier molecular flexibility index (Phi) is 2.76. The Morgan fingerprint density at radius 2 is 2.39 bits per heavy atom. The van der Waals surface area contributed by atoms with Gasteiger partial charge in [-0.15, -0.1) is 5.10 Å². The summed E-state index contributed by atoms with van der Waals surface area (Å²) >= 11 is 0. The van der Waals surface area contributed by atoms with E-state index in [0.29, 0.717) is 6.61 Å². The first kappa shape index (κ1) is 11.2. The number of fused-ring (bicyclic) bond motifs is 1. The summed E-state index contributed by atoms with van der Waals surface area (Å²) in [4.78, 5) is 0. The molecule has 1 aromatic heterocycles. The molecule has 0 amide bonds. The monoisotopic (exact) mass is 245 g/mol. The van der Waals surface area contributed by atoms with Crippen molar-refractivity contribution in [1.82, 2.24) is 15.0 Å². The highest BCUT2D eigenvalue weighted by Gasteiger charge is 2.23. The summed E-state index contributed by atoms with van der Waals surface area (Å²) in [6.07, 6.45) is 3.13. The predicted molar refractivity (Wildman–Crippen MR) is 65.1 cm³/mol. The van der Waals surface area contributed by atoms with Crippen molar-refractivity contribution in [3.8, 4) is 5.75 Å². The summed E-state index contributed by atoms with van der Waals surface area (Å²) in [7, 11) is 1.83. The summed E-state index contributed by atoms with van der Waals surface area (Å²) < 4.78 is 7.42. The van der Waals surface area contributed by atoms with Gasteiger partial charge in [-0.25, -0.2) is 0 Å². The highest BCUT2D eigenvalue weighted by molar-refractivity contribution is 5.44. The van der Waals surface area contributed by atoms with Crippen molar-refractivity contribution in [1.29, 1.82) is 0 Å². The Morgan fingerprint density at radius 3 is 3.17 bits per heavy atom. The Bertz CT molecular complexity index is 565. The summed E-state index contributed by atoms with van der Waals surface area (Å²) in [5, 5.41) is 17.7. The van der Waals surface area contributed by atoms with Crippen molar-refractivity contribution in [2.75, 3.05) is 0 Å². The fourth-order valence-corrected chi connectivity index (χ4v) is 2.35. The quantitative estimate of drug-likeness (QED) is 0.887. The van der Waals surface area contributed by atoms with Gasteiger partial charge >= 0.3 is 0 Å². The molecule has 0 fully saturated rings. The molecule has 1 atom stereocenters. The van der Waals surface area contributed by atoms with Gasteiger partial charge in [0.15, 0.2) is 0 Å². The van der Waals surface area contributed by atoms with Crippen LogP contribution in [0.4, 0.5) is 0 Å². The van der Waals surface area contributed by atoms with E-state index in [9.17, 15) is 5.11 Å². The van der Waals surface area contributed by atoms with E-state index in [1.807, 2.05) is 31.4 Å². The lowest BCUT2D eigenvalue weighted by Crippen LogP contribution is -1.99. The van der Waals surface area contributed by atoms with Crippen molar-refractivity contribution < 1.29 is 9.84 Å². The smallest absolute Gasteiger partial charge is 0.134 e. The van der Waals surface area contributed by atoms with Crippen LogP contribution < -0.4 is 4.74 Å². The molecule has 3 rings (SSSR count). The number of hydrogen-bond donors (Lipinski definition) is 1. The van der Waals surface area contributed by atoms with Gasteiger partial charge in [0.05, 0.1) is 12.3 Å². The van der Waals surface area contributed by atoms with Crippen LogP contribution in [-0.2, 0) is 20.1 Å². The third kappa shape index (κ3) is 1.97. The zero-order valence-corrected chi connectivity index (χ0v) is 10.2. The van der Waals surface area contributed by atoms with Crippen LogP contribution in [0.5, 0.6) is 5.75 Å². The van der Waals surface area contributed by atoms with Gasteiger partial charge in [-0.2, -0.15) is 0 Å². The van der Waals surface area contributed by atoms with E-state index in [4.69, 9.17) is 4.74 Å². The van der Waals surface area contributed by atoms with Crippen LogP contribution in [0.25, 0.3) is 0 Å². The maximum atomic E-state index is 9.81. The normalized spacial score (nSPS) is 17.8. The van der Waals surface area contributed by atoms with Gasteiger partial charge in [-0.1, -0.05) is 17.3 Å². The third-order valence-corrected chi connectivity index (χ3v) is 3.22. The largest absolute Gasteiger partial charge is 0.487 e. The molecule has 0 aliphatic heterocycles. The van der Waals surface area contributed by atoms with Crippen molar-refractivity contribution in [3.05, 3.63) is 41.2 Å². The fraction of sp³-hybridized carbons (Fsp3) is 0.385. The van der Waals surface area contributed by atoms with Crippen LogP contribution in [0, 0.1) is 0 Å². The molecule has 1 aliphatic rings. The summed E-state index contributed by atoms with van der Waals surface area (Å²) in [5.74, 6) is 0.842. The van der Waals surface area contributed by atoms with Gasteiger partial charge < -0.3 is 9.84 Å². The maximum Gasteiger partial charge on any atom is 0.134 e. The topological polar surface area (TPSA) is 60.2 Å². The SMILES string of the molecule is Cn1cc(COc2cccc3c2CCC3O)nn1. The average molecular weight is 245 g/mol. The average Bonchev–Trinajstić information content (AvgIpc) is 2.94. The molecular formula is C13H15N3O2. The second-order valence-electron chi connectivity index (χ2n) is 4.55. The lowest BCUT2D eigenvalue weighted by atomic mass is 10.1. The van der Waals surface area contributed by atoms with Crippen molar-refractivity contribution in [3.63, 3.8) is 0 Å². The number of benzene rings is 1. The highest BCUT2D eigenvalue weighted by Crippen LogP contribution is 2.36. The van der Waals surface area contributed by atoms with Gasteiger partial charge in [0, 0.05) is 12.6 Å². The summed E-state index contributed by atoms with van der Waals surface area (Å²) in [5.41, 5.74) is 2.91. The number of aliphatic hydroxyl groups is 1. The van der Waals surface area contributed by atoms with Crippen LogP contribution in [0.2, 0.25) is 0 Å². The van der Waals surface area contributed by atoms with E-state index in [1.54, 1.807) is 4.68 Å². The summed E-state index contributed by atoms with van der Waals surface area (Å²) in [6, 6.07) is 5.81. The van der Waals surface area contributed by atoms with E-state index in [1.165, 1.54) is 0 Å². The Morgan fingerprint density at radius 1 is 1.50 bits per heavy atom. The van der Waals surface area contributed by atoms with Gasteiger partial charge in [-0.05, 0) is 24.5 Å². The number of rotatable bonds is 3. The van der Waals surface area contributed by atoms with Gasteiger partial charge in [0.2, 0.25) is 0 Å². The molecule has 0 saturated carbocycles. The molecule has 1 N–H and O–H groups in total. The number of hydrogen-bond acceptors (Lipinski definition) is 4. The number of ether oxygens (including phenoxy) is 1. The van der Waals surface area contributed by atoms with E-state index in [-0.39, 0.29) is 6.10 Å². The molecule has 94 valence electrons. The molecule has 1 aliphatic carbocycles. The van der Waals surface area contributed by atoms with E-state index in [0.717, 1.165) is 35.4 Å². The molecule has 5 heteroatoms. The lowest BCUT2D eigenvalue weighted by Gasteiger charge is -2.10.